The fourth-order valence-corrected chi connectivity index (χ4v) is 3.81. The van der Waals surface area contributed by atoms with Crippen LogP contribution in [-0.4, -0.2) is 33.9 Å². The van der Waals surface area contributed by atoms with E-state index in [1.54, 1.807) is 0 Å². The molecule has 0 fully saturated rings. The van der Waals surface area contributed by atoms with E-state index in [2.05, 4.69) is 34.6 Å². The van der Waals surface area contributed by atoms with E-state index in [0.717, 1.165) is 0 Å². The van der Waals surface area contributed by atoms with E-state index in [1.165, 1.54) is 0 Å². The Balaban J connectivity index is 0. The molecule has 0 radical (unpaired) electrons. The van der Waals surface area contributed by atoms with E-state index in [0.29, 0.717) is 5.25 Å². The van der Waals surface area contributed by atoms with Crippen LogP contribution in [-0.2, 0) is 4.79 Å². The molecule has 2 nitrogen and oxygen atoms in total. The third-order valence-corrected chi connectivity index (χ3v) is 6.57. The molecule has 0 N–H and O–H groups in total. The van der Waals surface area contributed by atoms with Gasteiger partial charge in [0, 0.05) is 29.0 Å². The van der Waals surface area contributed by atoms with Crippen molar-refractivity contribution in [2.75, 3.05) is 7.05 Å². The molecular weight excluding hydrogens is 262 g/mol. The minimum Gasteiger partial charge on any atom is -0.342 e. The molecule has 0 heterocycles. The average Bonchev–Trinajstić information content (AvgIpc) is 2.21. The Kier molecular flexibility index (Phi) is 9.52. The first-order valence-corrected chi connectivity index (χ1v) is 8.38. The van der Waals surface area contributed by atoms with Crippen molar-refractivity contribution in [3.63, 3.8) is 0 Å². The monoisotopic (exact) mass is 293 g/mol. The maximum Gasteiger partial charge on any atom is 0.225 e. The molecule has 0 aromatic heterocycles. The second-order valence-corrected chi connectivity index (χ2v) is 9.25. The second-order valence-electron chi connectivity index (χ2n) is 5.84. The number of nitrogens with zero attached hydrogens (tertiary/aromatic N) is 1. The standard InChI is InChI=1S/C13H27NOS2.CH4/c1-9(2)12(15)14(8)10(3)11(4)16-17-13(5,6)7;/h9-11H,1-8H3;1H4. The van der Waals surface area contributed by atoms with Gasteiger partial charge in [0.15, 0.2) is 0 Å². The number of hydrogen-bond acceptors (Lipinski definition) is 3. The number of amides is 1. The summed E-state index contributed by atoms with van der Waals surface area (Å²) in [5.74, 6) is 0.306. The zero-order valence-electron chi connectivity index (χ0n) is 12.4. The van der Waals surface area contributed by atoms with Crippen molar-refractivity contribution in [3.8, 4) is 0 Å². The van der Waals surface area contributed by atoms with E-state index in [9.17, 15) is 4.79 Å². The first-order valence-electron chi connectivity index (χ1n) is 6.17. The van der Waals surface area contributed by atoms with Gasteiger partial charge in [-0.1, -0.05) is 70.6 Å². The largest absolute Gasteiger partial charge is 0.342 e. The summed E-state index contributed by atoms with van der Waals surface area (Å²) in [4.78, 5) is 13.8. The molecule has 110 valence electrons. The fraction of sp³-hybridized carbons (Fsp3) is 0.929. The van der Waals surface area contributed by atoms with Crippen LogP contribution in [0.2, 0.25) is 0 Å². The van der Waals surface area contributed by atoms with Crippen LogP contribution in [0.1, 0.15) is 55.9 Å². The minimum absolute atomic E-state index is 0. The van der Waals surface area contributed by atoms with Crippen molar-refractivity contribution >= 4 is 27.5 Å². The molecule has 0 rings (SSSR count). The zero-order valence-corrected chi connectivity index (χ0v) is 14.0. The van der Waals surface area contributed by atoms with Gasteiger partial charge in [-0.15, -0.1) is 0 Å². The van der Waals surface area contributed by atoms with Gasteiger partial charge in [-0.2, -0.15) is 0 Å². The number of rotatable bonds is 5. The van der Waals surface area contributed by atoms with Gasteiger partial charge in [-0.05, 0) is 6.92 Å². The number of hydrogen-bond donors (Lipinski definition) is 0. The Morgan fingerprint density at radius 3 is 1.89 bits per heavy atom. The van der Waals surface area contributed by atoms with Gasteiger partial charge < -0.3 is 4.90 Å². The summed E-state index contributed by atoms with van der Waals surface area (Å²) in [7, 11) is 5.67. The maximum absolute atomic E-state index is 11.9. The molecular formula is C14H31NOS2. The molecule has 0 saturated heterocycles. The predicted molar refractivity (Wildman–Crippen MR) is 88.2 cm³/mol. The Morgan fingerprint density at radius 1 is 1.11 bits per heavy atom. The molecule has 0 aliphatic heterocycles. The first-order chi connectivity index (χ1) is 7.56. The normalized spacial score (nSPS) is 14.9. The van der Waals surface area contributed by atoms with Gasteiger partial charge in [-0.3, -0.25) is 4.79 Å². The molecule has 0 aliphatic carbocycles. The van der Waals surface area contributed by atoms with Crippen LogP contribution in [0.25, 0.3) is 0 Å². The third kappa shape index (κ3) is 7.57. The molecule has 0 saturated carbocycles. The fourth-order valence-electron chi connectivity index (χ4n) is 1.22. The topological polar surface area (TPSA) is 20.3 Å². The van der Waals surface area contributed by atoms with E-state index >= 15 is 0 Å². The van der Waals surface area contributed by atoms with Crippen molar-refractivity contribution in [1.29, 1.82) is 0 Å². The average molecular weight is 294 g/mol. The summed E-state index contributed by atoms with van der Waals surface area (Å²) in [6.45, 7) is 14.9. The lowest BCUT2D eigenvalue weighted by Crippen LogP contribution is -2.42. The van der Waals surface area contributed by atoms with Crippen LogP contribution in [0.3, 0.4) is 0 Å². The molecule has 18 heavy (non-hydrogen) atoms. The molecule has 0 aromatic rings. The van der Waals surface area contributed by atoms with Gasteiger partial charge in [-0.25, -0.2) is 0 Å². The molecule has 0 aromatic carbocycles. The number of carbonyl (C=O) groups is 1. The minimum atomic E-state index is 0. The van der Waals surface area contributed by atoms with Crippen molar-refractivity contribution in [3.05, 3.63) is 0 Å². The summed E-state index contributed by atoms with van der Waals surface area (Å²) in [5.41, 5.74) is 0. The molecule has 2 atom stereocenters. The van der Waals surface area contributed by atoms with E-state index in [4.69, 9.17) is 0 Å². The first kappa shape index (κ1) is 20.5. The van der Waals surface area contributed by atoms with Gasteiger partial charge in [0.1, 0.15) is 0 Å². The zero-order chi connectivity index (χ0) is 13.8. The molecule has 0 aliphatic rings. The lowest BCUT2D eigenvalue weighted by Gasteiger charge is -2.31. The highest BCUT2D eigenvalue weighted by atomic mass is 33.1. The smallest absolute Gasteiger partial charge is 0.225 e. The van der Waals surface area contributed by atoms with E-state index in [-0.39, 0.29) is 30.0 Å². The Morgan fingerprint density at radius 2 is 1.56 bits per heavy atom. The van der Waals surface area contributed by atoms with Gasteiger partial charge in [0.25, 0.3) is 0 Å². The summed E-state index contributed by atoms with van der Waals surface area (Å²) in [6.07, 6.45) is 0. The molecule has 0 bridgehead atoms. The highest BCUT2D eigenvalue weighted by Gasteiger charge is 2.25. The summed E-state index contributed by atoms with van der Waals surface area (Å²) >= 11 is 0. The van der Waals surface area contributed by atoms with Crippen molar-refractivity contribution < 1.29 is 4.79 Å². The van der Waals surface area contributed by atoms with E-state index < -0.39 is 0 Å². The van der Waals surface area contributed by atoms with E-state index in [1.807, 2.05) is 47.4 Å². The highest BCUT2D eigenvalue weighted by Crippen LogP contribution is 2.39. The molecule has 4 heteroatoms. The van der Waals surface area contributed by atoms with Crippen LogP contribution in [0, 0.1) is 5.92 Å². The molecule has 2 unspecified atom stereocenters. The highest BCUT2D eigenvalue weighted by molar-refractivity contribution is 8.77. The Labute approximate surface area is 122 Å². The molecule has 0 spiro atoms. The van der Waals surface area contributed by atoms with Crippen molar-refractivity contribution in [2.24, 2.45) is 5.92 Å². The summed E-state index contributed by atoms with van der Waals surface area (Å²) < 4.78 is 0.263. The SMILES string of the molecule is C.CC(C)C(=O)N(C)C(C)C(C)SSC(C)(C)C. The summed E-state index contributed by atoms with van der Waals surface area (Å²) in [6, 6.07) is 0.268. The maximum atomic E-state index is 11.9. The van der Waals surface area contributed by atoms with Gasteiger partial charge in [0.2, 0.25) is 5.91 Å². The Hall–Kier alpha value is 0.170. The summed E-state index contributed by atoms with van der Waals surface area (Å²) in [5, 5.41) is 0.437. The van der Waals surface area contributed by atoms with Crippen LogP contribution < -0.4 is 0 Å². The van der Waals surface area contributed by atoms with Crippen LogP contribution >= 0.6 is 21.6 Å². The quantitative estimate of drug-likeness (QED) is 0.686. The third-order valence-electron chi connectivity index (χ3n) is 2.58. The van der Waals surface area contributed by atoms with Crippen molar-refractivity contribution in [2.45, 2.75) is 71.9 Å². The lowest BCUT2D eigenvalue weighted by molar-refractivity contribution is -0.134. The molecule has 1 amide bonds. The van der Waals surface area contributed by atoms with Gasteiger partial charge >= 0.3 is 0 Å². The predicted octanol–water partition coefficient (Wildman–Crippen LogP) is 4.69. The van der Waals surface area contributed by atoms with Crippen LogP contribution in [0.4, 0.5) is 0 Å². The van der Waals surface area contributed by atoms with Gasteiger partial charge in [0.05, 0.1) is 0 Å². The van der Waals surface area contributed by atoms with Crippen molar-refractivity contribution in [1.82, 2.24) is 4.90 Å². The van der Waals surface area contributed by atoms with Crippen LogP contribution in [0.15, 0.2) is 0 Å². The lowest BCUT2D eigenvalue weighted by atomic mass is 10.1. The second kappa shape index (κ2) is 8.36. The Bertz CT molecular complexity index is 249. The van der Waals surface area contributed by atoms with Crippen LogP contribution in [0.5, 0.6) is 0 Å². The number of carbonyl (C=O) groups excluding carboxylic acids is 1.